The van der Waals surface area contributed by atoms with Crippen molar-refractivity contribution in [3.8, 4) is 0 Å². The van der Waals surface area contributed by atoms with E-state index in [0.717, 1.165) is 24.6 Å². The molecule has 1 aliphatic rings. The first-order valence-corrected chi connectivity index (χ1v) is 7.02. The SMILES string of the molecule is NCCCN(c1nncs1)C1CCCCC1. The topological polar surface area (TPSA) is 55.0 Å². The van der Waals surface area contributed by atoms with Gasteiger partial charge in [0.2, 0.25) is 5.13 Å². The zero-order valence-electron chi connectivity index (χ0n) is 9.64. The van der Waals surface area contributed by atoms with Gasteiger partial charge >= 0.3 is 0 Å². The minimum atomic E-state index is 0.660. The van der Waals surface area contributed by atoms with Gasteiger partial charge in [-0.3, -0.25) is 0 Å². The number of hydrogen-bond donors (Lipinski definition) is 1. The van der Waals surface area contributed by atoms with Crippen molar-refractivity contribution in [2.75, 3.05) is 18.0 Å². The summed E-state index contributed by atoms with van der Waals surface area (Å²) in [6.45, 7) is 1.78. The van der Waals surface area contributed by atoms with Crippen molar-refractivity contribution in [2.24, 2.45) is 5.73 Å². The van der Waals surface area contributed by atoms with E-state index >= 15 is 0 Å². The average Bonchev–Trinajstić information content (AvgIpc) is 2.85. The maximum absolute atomic E-state index is 5.60. The van der Waals surface area contributed by atoms with E-state index in [1.54, 1.807) is 11.3 Å². The van der Waals surface area contributed by atoms with Crippen molar-refractivity contribution >= 4 is 16.5 Å². The number of nitrogens with two attached hydrogens (primary N) is 1. The van der Waals surface area contributed by atoms with Crippen LogP contribution in [0.2, 0.25) is 0 Å². The molecule has 0 aromatic carbocycles. The smallest absolute Gasteiger partial charge is 0.208 e. The molecule has 0 saturated heterocycles. The molecule has 90 valence electrons. The van der Waals surface area contributed by atoms with E-state index in [2.05, 4.69) is 15.1 Å². The van der Waals surface area contributed by atoms with Crippen molar-refractivity contribution in [3.63, 3.8) is 0 Å². The van der Waals surface area contributed by atoms with Crippen LogP contribution < -0.4 is 10.6 Å². The van der Waals surface area contributed by atoms with Crippen molar-refractivity contribution in [1.29, 1.82) is 0 Å². The molecule has 1 aromatic rings. The number of hydrogen-bond acceptors (Lipinski definition) is 5. The Bertz CT molecular complexity index is 282. The Balaban J connectivity index is 2.01. The lowest BCUT2D eigenvalue weighted by Gasteiger charge is -2.33. The summed E-state index contributed by atoms with van der Waals surface area (Å²) >= 11 is 1.64. The highest BCUT2D eigenvalue weighted by molar-refractivity contribution is 7.13. The Morgan fingerprint density at radius 3 is 2.81 bits per heavy atom. The Morgan fingerprint density at radius 1 is 1.38 bits per heavy atom. The zero-order chi connectivity index (χ0) is 11.2. The Hall–Kier alpha value is -0.680. The molecule has 1 saturated carbocycles. The maximum atomic E-state index is 5.60. The van der Waals surface area contributed by atoms with Gasteiger partial charge in [-0.25, -0.2) is 0 Å². The predicted molar refractivity (Wildman–Crippen MR) is 67.8 cm³/mol. The molecule has 5 heteroatoms. The lowest BCUT2D eigenvalue weighted by Crippen LogP contribution is -2.38. The van der Waals surface area contributed by atoms with Crippen LogP contribution in [-0.4, -0.2) is 29.3 Å². The average molecular weight is 240 g/mol. The van der Waals surface area contributed by atoms with Gasteiger partial charge in [0, 0.05) is 12.6 Å². The molecule has 1 fully saturated rings. The highest BCUT2D eigenvalue weighted by atomic mass is 32.1. The normalized spacial score (nSPS) is 17.6. The third-order valence-electron chi connectivity index (χ3n) is 3.21. The third-order valence-corrected chi connectivity index (χ3v) is 3.94. The summed E-state index contributed by atoms with van der Waals surface area (Å²) in [4.78, 5) is 2.42. The monoisotopic (exact) mass is 240 g/mol. The fraction of sp³-hybridized carbons (Fsp3) is 0.818. The molecular formula is C11H20N4S. The first-order valence-electron chi connectivity index (χ1n) is 6.14. The van der Waals surface area contributed by atoms with E-state index in [1.807, 2.05) is 5.51 Å². The fourth-order valence-electron chi connectivity index (χ4n) is 2.38. The molecule has 0 aliphatic heterocycles. The van der Waals surface area contributed by atoms with Gasteiger partial charge in [-0.15, -0.1) is 10.2 Å². The van der Waals surface area contributed by atoms with E-state index in [4.69, 9.17) is 5.73 Å². The summed E-state index contributed by atoms with van der Waals surface area (Å²) < 4.78 is 0. The lowest BCUT2D eigenvalue weighted by atomic mass is 9.94. The van der Waals surface area contributed by atoms with Crippen LogP contribution in [0.4, 0.5) is 5.13 Å². The van der Waals surface area contributed by atoms with Crippen LogP contribution in [0.3, 0.4) is 0 Å². The minimum absolute atomic E-state index is 0.660. The Kier molecular flexibility index (Phi) is 4.54. The fourth-order valence-corrected chi connectivity index (χ4v) is 3.04. The number of nitrogens with zero attached hydrogens (tertiary/aromatic N) is 3. The quantitative estimate of drug-likeness (QED) is 0.855. The molecule has 0 spiro atoms. The van der Waals surface area contributed by atoms with E-state index < -0.39 is 0 Å². The predicted octanol–water partition coefficient (Wildman–Crippen LogP) is 2.03. The maximum Gasteiger partial charge on any atom is 0.208 e. The molecule has 0 unspecified atom stereocenters. The molecule has 0 bridgehead atoms. The van der Waals surface area contributed by atoms with Gasteiger partial charge in [-0.2, -0.15) is 0 Å². The van der Waals surface area contributed by atoms with Gasteiger partial charge in [0.15, 0.2) is 0 Å². The molecule has 0 amide bonds. The summed E-state index contributed by atoms with van der Waals surface area (Å²) in [6.07, 6.45) is 7.72. The van der Waals surface area contributed by atoms with Crippen molar-refractivity contribution in [1.82, 2.24) is 10.2 Å². The first-order chi connectivity index (χ1) is 7.92. The second-order valence-electron chi connectivity index (χ2n) is 4.35. The summed E-state index contributed by atoms with van der Waals surface area (Å²) in [5.74, 6) is 0. The third kappa shape index (κ3) is 2.92. The molecule has 1 aromatic heterocycles. The zero-order valence-corrected chi connectivity index (χ0v) is 10.5. The molecule has 2 N–H and O–H groups in total. The second kappa shape index (κ2) is 6.15. The molecule has 4 nitrogen and oxygen atoms in total. The number of aromatic nitrogens is 2. The summed E-state index contributed by atoms with van der Waals surface area (Å²) in [5, 5.41) is 9.21. The number of rotatable bonds is 5. The minimum Gasteiger partial charge on any atom is -0.344 e. The lowest BCUT2D eigenvalue weighted by molar-refractivity contribution is 0.412. The van der Waals surface area contributed by atoms with Crippen molar-refractivity contribution in [3.05, 3.63) is 5.51 Å². The van der Waals surface area contributed by atoms with Gasteiger partial charge in [0.05, 0.1) is 0 Å². The van der Waals surface area contributed by atoms with Gasteiger partial charge < -0.3 is 10.6 Å². The highest BCUT2D eigenvalue weighted by Crippen LogP contribution is 2.28. The molecule has 0 atom stereocenters. The van der Waals surface area contributed by atoms with Crippen molar-refractivity contribution in [2.45, 2.75) is 44.6 Å². The molecule has 1 aliphatic carbocycles. The molecule has 0 radical (unpaired) electrons. The summed E-state index contributed by atoms with van der Waals surface area (Å²) in [6, 6.07) is 0.660. The van der Waals surface area contributed by atoms with Crippen molar-refractivity contribution < 1.29 is 0 Å². The molecule has 16 heavy (non-hydrogen) atoms. The standard InChI is InChI=1S/C11H20N4S/c12-7-4-8-15(11-14-13-9-16-11)10-5-2-1-3-6-10/h9-10H,1-8,12H2. The molecular weight excluding hydrogens is 220 g/mol. The first kappa shape index (κ1) is 11.8. The molecule has 1 heterocycles. The van der Waals surface area contributed by atoms with Gasteiger partial charge in [-0.1, -0.05) is 30.6 Å². The Morgan fingerprint density at radius 2 is 2.19 bits per heavy atom. The van der Waals surface area contributed by atoms with E-state index in [9.17, 15) is 0 Å². The van der Waals surface area contributed by atoms with Crippen LogP contribution in [0.5, 0.6) is 0 Å². The second-order valence-corrected chi connectivity index (χ2v) is 5.16. The highest BCUT2D eigenvalue weighted by Gasteiger charge is 2.22. The summed E-state index contributed by atoms with van der Waals surface area (Å²) in [5.41, 5.74) is 7.41. The van der Waals surface area contributed by atoms with Crippen LogP contribution >= 0.6 is 11.3 Å². The van der Waals surface area contributed by atoms with E-state index in [-0.39, 0.29) is 0 Å². The van der Waals surface area contributed by atoms with E-state index in [0.29, 0.717) is 6.04 Å². The Labute approximate surface area is 101 Å². The number of anilines is 1. The van der Waals surface area contributed by atoms with Crippen LogP contribution in [-0.2, 0) is 0 Å². The molecule has 2 rings (SSSR count). The van der Waals surface area contributed by atoms with Crippen LogP contribution in [0.15, 0.2) is 5.51 Å². The van der Waals surface area contributed by atoms with Crippen LogP contribution in [0, 0.1) is 0 Å². The van der Waals surface area contributed by atoms with Gasteiger partial charge in [0.25, 0.3) is 0 Å². The van der Waals surface area contributed by atoms with Gasteiger partial charge in [0.1, 0.15) is 5.51 Å². The summed E-state index contributed by atoms with van der Waals surface area (Å²) in [7, 11) is 0. The van der Waals surface area contributed by atoms with E-state index in [1.165, 1.54) is 32.1 Å². The van der Waals surface area contributed by atoms with Gasteiger partial charge in [-0.05, 0) is 25.8 Å². The van der Waals surface area contributed by atoms with Crippen LogP contribution in [0.1, 0.15) is 38.5 Å². The largest absolute Gasteiger partial charge is 0.344 e. The van der Waals surface area contributed by atoms with Crippen LogP contribution in [0.25, 0.3) is 0 Å².